The summed E-state index contributed by atoms with van der Waals surface area (Å²) in [5, 5.41) is 6.73. The number of hydrogen-bond acceptors (Lipinski definition) is 3. The van der Waals surface area contributed by atoms with Gasteiger partial charge in [-0.15, -0.1) is 0 Å². The molecule has 2 rings (SSSR count). The number of nitrogens with one attached hydrogen (secondary N) is 2. The zero-order valence-electron chi connectivity index (χ0n) is 14.4. The molecule has 0 unspecified atom stereocenters. The van der Waals surface area contributed by atoms with Crippen LogP contribution < -0.4 is 10.6 Å². The summed E-state index contributed by atoms with van der Waals surface area (Å²) in [6.07, 6.45) is 8.50. The molecule has 128 valence electrons. The standard InChI is InChI=1S/C18H31N5/c1-2-19-18(22-16-17-10-5-6-11-20-17)21-12-9-15-23-13-7-3-4-8-14-23/h5-6,10-11H,2-4,7-9,12-16H2,1H3,(H2,19,21,22). The van der Waals surface area contributed by atoms with Crippen molar-refractivity contribution in [2.75, 3.05) is 32.7 Å². The van der Waals surface area contributed by atoms with Crippen LogP contribution in [0.2, 0.25) is 0 Å². The Morgan fingerprint density at radius 1 is 1.17 bits per heavy atom. The number of nitrogens with zero attached hydrogens (tertiary/aromatic N) is 3. The summed E-state index contributed by atoms with van der Waals surface area (Å²) in [6, 6.07) is 5.94. The van der Waals surface area contributed by atoms with Gasteiger partial charge >= 0.3 is 0 Å². The molecule has 5 heteroatoms. The van der Waals surface area contributed by atoms with Gasteiger partial charge in [-0.1, -0.05) is 18.9 Å². The van der Waals surface area contributed by atoms with Crippen LogP contribution in [-0.2, 0) is 6.54 Å². The summed E-state index contributed by atoms with van der Waals surface area (Å²) in [4.78, 5) is 11.5. The zero-order valence-corrected chi connectivity index (χ0v) is 14.4. The fourth-order valence-electron chi connectivity index (χ4n) is 2.86. The Kier molecular flexibility index (Phi) is 8.48. The molecule has 1 aliphatic heterocycles. The normalized spacial score (nSPS) is 16.8. The van der Waals surface area contributed by atoms with Crippen LogP contribution in [0.25, 0.3) is 0 Å². The number of rotatable bonds is 7. The molecule has 0 atom stereocenters. The van der Waals surface area contributed by atoms with Gasteiger partial charge in [0.05, 0.1) is 12.2 Å². The van der Waals surface area contributed by atoms with Crippen LogP contribution in [-0.4, -0.2) is 48.6 Å². The van der Waals surface area contributed by atoms with Gasteiger partial charge < -0.3 is 15.5 Å². The summed E-state index contributed by atoms with van der Waals surface area (Å²) < 4.78 is 0. The Bertz CT molecular complexity index is 438. The van der Waals surface area contributed by atoms with E-state index in [1.54, 1.807) is 0 Å². The molecule has 0 bridgehead atoms. The van der Waals surface area contributed by atoms with Crippen molar-refractivity contribution >= 4 is 5.96 Å². The average molecular weight is 317 g/mol. The molecule has 1 saturated heterocycles. The van der Waals surface area contributed by atoms with E-state index in [1.165, 1.54) is 45.3 Å². The molecular weight excluding hydrogens is 286 g/mol. The first-order valence-corrected chi connectivity index (χ1v) is 9.03. The largest absolute Gasteiger partial charge is 0.357 e. The van der Waals surface area contributed by atoms with E-state index < -0.39 is 0 Å². The number of pyridine rings is 1. The highest BCUT2D eigenvalue weighted by Crippen LogP contribution is 2.09. The summed E-state index contributed by atoms with van der Waals surface area (Å²) in [5.41, 5.74) is 0.995. The third-order valence-electron chi connectivity index (χ3n) is 4.11. The van der Waals surface area contributed by atoms with E-state index >= 15 is 0 Å². The zero-order chi connectivity index (χ0) is 16.2. The molecule has 1 aromatic rings. The average Bonchev–Trinajstić information content (AvgIpc) is 2.86. The maximum Gasteiger partial charge on any atom is 0.191 e. The van der Waals surface area contributed by atoms with E-state index in [-0.39, 0.29) is 0 Å². The second-order valence-electron chi connectivity index (χ2n) is 6.05. The predicted molar refractivity (Wildman–Crippen MR) is 96.6 cm³/mol. The fourth-order valence-corrected chi connectivity index (χ4v) is 2.86. The van der Waals surface area contributed by atoms with Crippen molar-refractivity contribution < 1.29 is 0 Å². The van der Waals surface area contributed by atoms with Gasteiger partial charge in [-0.25, -0.2) is 4.99 Å². The first kappa shape index (κ1) is 17.7. The van der Waals surface area contributed by atoms with Crippen molar-refractivity contribution in [1.82, 2.24) is 20.5 Å². The van der Waals surface area contributed by atoms with Gasteiger partial charge in [0, 0.05) is 19.3 Å². The lowest BCUT2D eigenvalue weighted by Crippen LogP contribution is -2.39. The molecule has 5 nitrogen and oxygen atoms in total. The summed E-state index contributed by atoms with van der Waals surface area (Å²) in [6.45, 7) is 8.27. The molecule has 0 saturated carbocycles. The van der Waals surface area contributed by atoms with Crippen LogP contribution in [0.5, 0.6) is 0 Å². The predicted octanol–water partition coefficient (Wildman–Crippen LogP) is 2.40. The number of guanidine groups is 1. The number of hydrogen-bond donors (Lipinski definition) is 2. The quantitative estimate of drug-likeness (QED) is 0.461. The monoisotopic (exact) mass is 317 g/mol. The van der Waals surface area contributed by atoms with Gasteiger partial charge in [0.15, 0.2) is 5.96 Å². The SMILES string of the molecule is CCNC(=NCc1ccccn1)NCCCN1CCCCCC1. The molecule has 23 heavy (non-hydrogen) atoms. The van der Waals surface area contributed by atoms with Crippen molar-refractivity contribution in [1.29, 1.82) is 0 Å². The smallest absolute Gasteiger partial charge is 0.191 e. The Balaban J connectivity index is 1.69. The van der Waals surface area contributed by atoms with Crippen LogP contribution in [0.4, 0.5) is 0 Å². The summed E-state index contributed by atoms with van der Waals surface area (Å²) in [7, 11) is 0. The van der Waals surface area contributed by atoms with E-state index in [2.05, 4.69) is 32.4 Å². The van der Waals surface area contributed by atoms with Crippen molar-refractivity contribution in [3.8, 4) is 0 Å². The third-order valence-corrected chi connectivity index (χ3v) is 4.11. The molecule has 1 aliphatic rings. The molecule has 0 radical (unpaired) electrons. The highest BCUT2D eigenvalue weighted by atomic mass is 15.2. The van der Waals surface area contributed by atoms with Crippen molar-refractivity contribution in [3.63, 3.8) is 0 Å². The molecule has 0 amide bonds. The molecule has 0 spiro atoms. The van der Waals surface area contributed by atoms with Gasteiger partial charge in [-0.3, -0.25) is 4.98 Å². The van der Waals surface area contributed by atoms with Crippen molar-refractivity contribution in [2.24, 2.45) is 4.99 Å². The molecule has 2 heterocycles. The second kappa shape index (κ2) is 11.0. The molecule has 0 aliphatic carbocycles. The molecular formula is C18H31N5. The Hall–Kier alpha value is -1.62. The van der Waals surface area contributed by atoms with Gasteiger partial charge in [-0.2, -0.15) is 0 Å². The summed E-state index contributed by atoms with van der Waals surface area (Å²) in [5.74, 6) is 0.883. The summed E-state index contributed by atoms with van der Waals surface area (Å²) >= 11 is 0. The van der Waals surface area contributed by atoms with E-state index in [1.807, 2.05) is 24.4 Å². The van der Waals surface area contributed by atoms with Crippen LogP contribution in [0.1, 0.15) is 44.7 Å². The van der Waals surface area contributed by atoms with Crippen LogP contribution in [0.15, 0.2) is 29.4 Å². The molecule has 2 N–H and O–H groups in total. The lowest BCUT2D eigenvalue weighted by molar-refractivity contribution is 0.282. The van der Waals surface area contributed by atoms with Gasteiger partial charge in [0.2, 0.25) is 0 Å². The second-order valence-corrected chi connectivity index (χ2v) is 6.05. The van der Waals surface area contributed by atoms with Crippen molar-refractivity contribution in [2.45, 2.75) is 45.6 Å². The lowest BCUT2D eigenvalue weighted by atomic mass is 10.2. The highest BCUT2D eigenvalue weighted by Gasteiger charge is 2.08. The van der Waals surface area contributed by atoms with E-state index in [0.29, 0.717) is 6.54 Å². The Morgan fingerprint density at radius 2 is 2.00 bits per heavy atom. The fraction of sp³-hybridized carbons (Fsp3) is 0.667. The van der Waals surface area contributed by atoms with E-state index in [4.69, 9.17) is 0 Å². The first-order chi connectivity index (χ1) is 11.4. The molecule has 0 aromatic carbocycles. The van der Waals surface area contributed by atoms with Crippen molar-refractivity contribution in [3.05, 3.63) is 30.1 Å². The minimum absolute atomic E-state index is 0.613. The highest BCUT2D eigenvalue weighted by molar-refractivity contribution is 5.79. The van der Waals surface area contributed by atoms with Gasteiger partial charge in [0.25, 0.3) is 0 Å². The van der Waals surface area contributed by atoms with Crippen LogP contribution in [0.3, 0.4) is 0 Å². The van der Waals surface area contributed by atoms with Crippen LogP contribution in [0, 0.1) is 0 Å². The molecule has 1 fully saturated rings. The number of aromatic nitrogens is 1. The minimum Gasteiger partial charge on any atom is -0.357 e. The number of aliphatic imine (C=N–C) groups is 1. The number of likely N-dealkylation sites (tertiary alicyclic amines) is 1. The van der Waals surface area contributed by atoms with Gasteiger partial charge in [0.1, 0.15) is 0 Å². The van der Waals surface area contributed by atoms with E-state index in [9.17, 15) is 0 Å². The minimum atomic E-state index is 0.613. The molecule has 1 aromatic heterocycles. The Morgan fingerprint density at radius 3 is 2.70 bits per heavy atom. The van der Waals surface area contributed by atoms with Gasteiger partial charge in [-0.05, 0) is 58.0 Å². The lowest BCUT2D eigenvalue weighted by Gasteiger charge is -2.20. The topological polar surface area (TPSA) is 52.6 Å². The van der Waals surface area contributed by atoms with Crippen LogP contribution >= 0.6 is 0 Å². The maximum absolute atomic E-state index is 4.60. The Labute approximate surface area is 140 Å². The first-order valence-electron chi connectivity index (χ1n) is 9.03. The maximum atomic E-state index is 4.60. The van der Waals surface area contributed by atoms with E-state index in [0.717, 1.165) is 31.2 Å². The third kappa shape index (κ3) is 7.46.